The Morgan fingerprint density at radius 2 is 2.03 bits per heavy atom. The van der Waals surface area contributed by atoms with Crippen LogP contribution in [0.1, 0.15) is 82.3 Å². The Morgan fingerprint density at radius 3 is 2.70 bits per heavy atom. The minimum atomic E-state index is -0.425. The summed E-state index contributed by atoms with van der Waals surface area (Å²) >= 11 is 0. The van der Waals surface area contributed by atoms with Crippen LogP contribution in [-0.4, -0.2) is 35.6 Å². The summed E-state index contributed by atoms with van der Waals surface area (Å²) in [6.07, 6.45) is 12.9. The van der Waals surface area contributed by atoms with Crippen molar-refractivity contribution in [2.45, 2.75) is 89.6 Å². The van der Waals surface area contributed by atoms with Crippen LogP contribution in [0.2, 0.25) is 0 Å². The average molecular weight is 410 g/mol. The number of hydrogen-bond acceptors (Lipinski definition) is 4. The van der Waals surface area contributed by atoms with E-state index in [0.717, 1.165) is 75.4 Å². The molecule has 30 heavy (non-hydrogen) atoms. The van der Waals surface area contributed by atoms with Crippen molar-refractivity contribution in [2.24, 2.45) is 5.92 Å². The highest BCUT2D eigenvalue weighted by Crippen LogP contribution is 2.41. The molecule has 2 aliphatic heterocycles. The Bertz CT molecular complexity index is 818. The SMILES string of the molecule is CCCC(=O)C1CC=C(c2ccc3c(c2)COC2(CCN(C4CCC4)CC2)O3)CC1. The maximum Gasteiger partial charge on any atom is 0.213 e. The second-order valence-corrected chi connectivity index (χ2v) is 9.66. The van der Waals surface area contributed by atoms with Crippen molar-refractivity contribution in [2.75, 3.05) is 13.1 Å². The molecular formula is C26H35NO3. The highest BCUT2D eigenvalue weighted by molar-refractivity contribution is 5.82. The van der Waals surface area contributed by atoms with Crippen LogP contribution in [0.4, 0.5) is 0 Å². The minimum absolute atomic E-state index is 0.226. The lowest BCUT2D eigenvalue weighted by molar-refractivity contribution is -0.231. The molecule has 2 heterocycles. The number of nitrogens with zero attached hydrogens (tertiary/aromatic N) is 1. The number of ketones is 1. The van der Waals surface area contributed by atoms with E-state index in [-0.39, 0.29) is 5.92 Å². The number of benzene rings is 1. The summed E-state index contributed by atoms with van der Waals surface area (Å²) in [5.74, 6) is 1.23. The topological polar surface area (TPSA) is 38.8 Å². The average Bonchev–Trinajstić information content (AvgIpc) is 2.74. The van der Waals surface area contributed by atoms with Gasteiger partial charge in [0.1, 0.15) is 11.5 Å². The van der Waals surface area contributed by atoms with E-state index in [1.807, 2.05) is 0 Å². The Hall–Kier alpha value is -1.65. The van der Waals surface area contributed by atoms with Gasteiger partial charge in [0, 0.05) is 49.9 Å². The molecule has 0 bridgehead atoms. The molecule has 1 aromatic rings. The molecule has 1 saturated heterocycles. The summed E-state index contributed by atoms with van der Waals surface area (Å²) in [6.45, 7) is 4.89. The molecule has 1 saturated carbocycles. The van der Waals surface area contributed by atoms with Gasteiger partial charge in [-0.2, -0.15) is 0 Å². The molecule has 1 unspecified atom stereocenters. The van der Waals surface area contributed by atoms with Gasteiger partial charge in [0.25, 0.3) is 0 Å². The summed E-state index contributed by atoms with van der Waals surface area (Å²) < 4.78 is 12.8. The van der Waals surface area contributed by atoms with Gasteiger partial charge in [0.2, 0.25) is 5.79 Å². The molecular weight excluding hydrogens is 374 g/mol. The van der Waals surface area contributed by atoms with Gasteiger partial charge < -0.3 is 9.47 Å². The molecule has 1 spiro atoms. The van der Waals surface area contributed by atoms with Gasteiger partial charge in [-0.05, 0) is 61.8 Å². The number of hydrogen-bond donors (Lipinski definition) is 0. The summed E-state index contributed by atoms with van der Waals surface area (Å²) in [5, 5.41) is 0. The van der Waals surface area contributed by atoms with Crippen molar-refractivity contribution >= 4 is 11.4 Å². The van der Waals surface area contributed by atoms with Crippen molar-refractivity contribution in [1.82, 2.24) is 4.90 Å². The Balaban J connectivity index is 1.23. The molecule has 5 rings (SSSR count). The van der Waals surface area contributed by atoms with Crippen LogP contribution in [0, 0.1) is 5.92 Å². The third-order valence-electron chi connectivity index (χ3n) is 7.73. The van der Waals surface area contributed by atoms with Gasteiger partial charge in [0.15, 0.2) is 0 Å². The number of rotatable bonds is 5. The standard InChI is InChI=1S/C26H35NO3/c1-2-4-24(28)20-9-7-19(8-10-20)21-11-12-25-22(17-21)18-29-26(30-25)13-15-27(16-14-26)23-5-3-6-23/h7,11-12,17,20,23H,2-6,8-10,13-16,18H2,1H3. The predicted octanol–water partition coefficient (Wildman–Crippen LogP) is 5.49. The molecule has 0 N–H and O–H groups in total. The van der Waals surface area contributed by atoms with E-state index in [1.165, 1.54) is 30.4 Å². The summed E-state index contributed by atoms with van der Waals surface area (Å²) in [4.78, 5) is 14.8. The molecule has 2 aliphatic carbocycles. The summed E-state index contributed by atoms with van der Waals surface area (Å²) in [6, 6.07) is 7.39. The van der Waals surface area contributed by atoms with Crippen molar-refractivity contribution in [1.29, 1.82) is 0 Å². The van der Waals surface area contributed by atoms with Gasteiger partial charge in [-0.1, -0.05) is 25.5 Å². The second-order valence-electron chi connectivity index (χ2n) is 9.66. The molecule has 0 amide bonds. The number of carbonyl (C=O) groups excluding carboxylic acids is 1. The van der Waals surface area contributed by atoms with E-state index in [2.05, 4.69) is 36.1 Å². The maximum absolute atomic E-state index is 12.2. The van der Waals surface area contributed by atoms with Gasteiger partial charge in [-0.3, -0.25) is 9.69 Å². The lowest BCUT2D eigenvalue weighted by Crippen LogP contribution is -2.54. The van der Waals surface area contributed by atoms with Crippen LogP contribution >= 0.6 is 0 Å². The largest absolute Gasteiger partial charge is 0.462 e. The highest BCUT2D eigenvalue weighted by Gasteiger charge is 2.42. The normalized spacial score (nSPS) is 26.4. The number of carbonyl (C=O) groups is 1. The molecule has 1 atom stereocenters. The number of fused-ring (bicyclic) bond motifs is 1. The Labute approximate surface area is 180 Å². The zero-order valence-corrected chi connectivity index (χ0v) is 18.3. The van der Waals surface area contributed by atoms with Crippen molar-refractivity contribution in [3.8, 4) is 5.75 Å². The van der Waals surface area contributed by atoms with E-state index in [0.29, 0.717) is 12.4 Å². The first-order valence-corrected chi connectivity index (χ1v) is 12.1. The Kier molecular flexibility index (Phi) is 5.72. The number of likely N-dealkylation sites (tertiary alicyclic amines) is 1. The molecule has 1 aromatic carbocycles. The van der Waals surface area contributed by atoms with Crippen molar-refractivity contribution in [3.05, 3.63) is 35.4 Å². The van der Waals surface area contributed by atoms with Gasteiger partial charge in [0.05, 0.1) is 6.61 Å². The zero-order chi connectivity index (χ0) is 20.6. The molecule has 162 valence electrons. The lowest BCUT2D eigenvalue weighted by atomic mass is 9.83. The van der Waals surface area contributed by atoms with Crippen LogP contribution in [-0.2, 0) is 16.1 Å². The fraction of sp³-hybridized carbons (Fsp3) is 0.654. The number of allylic oxidation sites excluding steroid dienone is 2. The molecule has 0 radical (unpaired) electrons. The third kappa shape index (κ3) is 3.97. The fourth-order valence-electron chi connectivity index (χ4n) is 5.50. The van der Waals surface area contributed by atoms with E-state index in [4.69, 9.17) is 9.47 Å². The minimum Gasteiger partial charge on any atom is -0.462 e. The first-order valence-electron chi connectivity index (χ1n) is 12.1. The van der Waals surface area contributed by atoms with Gasteiger partial charge >= 0.3 is 0 Å². The van der Waals surface area contributed by atoms with Gasteiger partial charge in [-0.25, -0.2) is 0 Å². The first kappa shape index (κ1) is 20.3. The van der Waals surface area contributed by atoms with Crippen LogP contribution in [0.25, 0.3) is 5.57 Å². The second kappa shape index (κ2) is 8.47. The van der Waals surface area contributed by atoms with E-state index in [9.17, 15) is 4.79 Å². The molecule has 4 aliphatic rings. The predicted molar refractivity (Wildman–Crippen MR) is 118 cm³/mol. The van der Waals surface area contributed by atoms with Crippen LogP contribution in [0.15, 0.2) is 24.3 Å². The monoisotopic (exact) mass is 409 g/mol. The van der Waals surface area contributed by atoms with E-state index < -0.39 is 5.79 Å². The smallest absolute Gasteiger partial charge is 0.213 e. The van der Waals surface area contributed by atoms with Crippen molar-refractivity contribution < 1.29 is 14.3 Å². The van der Waals surface area contributed by atoms with Crippen molar-refractivity contribution in [3.63, 3.8) is 0 Å². The highest BCUT2D eigenvalue weighted by atomic mass is 16.7. The number of Topliss-reactive ketones (excluding diaryl/α,β-unsaturated/α-hetero) is 1. The van der Waals surface area contributed by atoms with Gasteiger partial charge in [-0.15, -0.1) is 0 Å². The van der Waals surface area contributed by atoms with Crippen LogP contribution in [0.3, 0.4) is 0 Å². The molecule has 2 fully saturated rings. The molecule has 0 aromatic heterocycles. The van der Waals surface area contributed by atoms with E-state index in [1.54, 1.807) is 0 Å². The summed E-state index contributed by atoms with van der Waals surface area (Å²) in [5.41, 5.74) is 3.79. The number of piperidine rings is 1. The molecule has 4 heteroatoms. The fourth-order valence-corrected chi connectivity index (χ4v) is 5.50. The zero-order valence-electron chi connectivity index (χ0n) is 18.3. The Morgan fingerprint density at radius 1 is 1.20 bits per heavy atom. The maximum atomic E-state index is 12.2. The van der Waals surface area contributed by atoms with Crippen LogP contribution in [0.5, 0.6) is 5.75 Å². The van der Waals surface area contributed by atoms with Crippen LogP contribution < -0.4 is 4.74 Å². The number of ether oxygens (including phenoxy) is 2. The first-order chi connectivity index (χ1) is 14.7. The lowest BCUT2D eigenvalue weighted by Gasteiger charge is -2.47. The third-order valence-corrected chi connectivity index (χ3v) is 7.73. The quantitative estimate of drug-likeness (QED) is 0.644. The molecule has 4 nitrogen and oxygen atoms in total. The van der Waals surface area contributed by atoms with E-state index >= 15 is 0 Å². The summed E-state index contributed by atoms with van der Waals surface area (Å²) in [7, 11) is 0.